The Morgan fingerprint density at radius 2 is 0.784 bits per heavy atom. The normalized spacial score (nSPS) is 21.5. The molecular formula is C82H114N8O12. The molecule has 13 rings (SSSR count). The Morgan fingerprint density at radius 3 is 1.15 bits per heavy atom. The summed E-state index contributed by atoms with van der Waals surface area (Å²) >= 11 is 0. The Bertz CT molecular complexity index is 3770. The Hall–Kier alpha value is -8.46. The highest BCUT2D eigenvalue weighted by atomic mass is 16.6. The Morgan fingerprint density at radius 1 is 0.441 bits per heavy atom. The fraction of sp³-hybridized carbons (Fsp3) is 0.537. The molecule has 5 aromatic carbocycles. The van der Waals surface area contributed by atoms with Gasteiger partial charge in [-0.1, -0.05) is 122 Å². The highest BCUT2D eigenvalue weighted by molar-refractivity contribution is 5.94. The number of nitrogens with zero attached hydrogens (tertiary/aromatic N) is 4. The largest absolute Gasteiger partial charge is 0.480 e. The lowest BCUT2D eigenvalue weighted by Crippen LogP contribution is -2.46. The van der Waals surface area contributed by atoms with Crippen LogP contribution in [0.2, 0.25) is 0 Å². The van der Waals surface area contributed by atoms with E-state index in [1.165, 1.54) is 58.7 Å². The minimum Gasteiger partial charge on any atom is -0.480 e. The van der Waals surface area contributed by atoms with Gasteiger partial charge < -0.3 is 50.4 Å². The summed E-state index contributed by atoms with van der Waals surface area (Å²) in [6.45, 7) is 18.9. The van der Waals surface area contributed by atoms with Crippen molar-refractivity contribution in [1.82, 2.24) is 40.9 Å². The first-order valence-corrected chi connectivity index (χ1v) is 36.9. The van der Waals surface area contributed by atoms with E-state index in [2.05, 4.69) is 115 Å². The van der Waals surface area contributed by atoms with Crippen LogP contribution >= 0.6 is 0 Å². The van der Waals surface area contributed by atoms with E-state index >= 15 is 0 Å². The lowest BCUT2D eigenvalue weighted by atomic mass is 9.73. The van der Waals surface area contributed by atoms with Crippen molar-refractivity contribution < 1.29 is 62.0 Å². The maximum Gasteiger partial charge on any atom is 0.410 e. The number of carbonyl (C=O) groups excluding carboxylic acids is 7. The van der Waals surface area contributed by atoms with E-state index < -0.39 is 11.6 Å². The van der Waals surface area contributed by atoms with Gasteiger partial charge in [0.05, 0.1) is 51.5 Å². The zero-order valence-electron chi connectivity index (χ0n) is 61.3. The van der Waals surface area contributed by atoms with Crippen molar-refractivity contribution in [1.29, 1.82) is 0 Å². The first kappa shape index (κ1) is 76.2. The number of ether oxygens (including phenoxy) is 3. The van der Waals surface area contributed by atoms with Crippen LogP contribution in [0.15, 0.2) is 127 Å². The van der Waals surface area contributed by atoms with E-state index in [4.69, 9.17) is 14.6 Å². The second-order valence-electron chi connectivity index (χ2n) is 30.7. The summed E-state index contributed by atoms with van der Waals surface area (Å²) < 4.78 is 15.0. The number of nitrogens with one attached hydrogen (secondary N) is 4. The summed E-state index contributed by atoms with van der Waals surface area (Å²) in [7, 11) is 2.88. The van der Waals surface area contributed by atoms with Gasteiger partial charge in [0.25, 0.3) is 5.91 Å². The number of likely N-dealkylation sites (tertiary alicyclic amines) is 4. The molecule has 4 aliphatic heterocycles. The third-order valence-corrected chi connectivity index (χ3v) is 22.8. The van der Waals surface area contributed by atoms with Crippen LogP contribution in [0.3, 0.4) is 0 Å². The molecule has 0 radical (unpaired) electrons. The molecule has 4 aliphatic carbocycles. The number of hydrogen-bond donors (Lipinski definition) is 5. The summed E-state index contributed by atoms with van der Waals surface area (Å²) in [5.74, 6) is -1.02. The van der Waals surface area contributed by atoms with Crippen LogP contribution in [0, 0.1) is 0 Å². The molecule has 5 N–H and O–H groups in total. The quantitative estimate of drug-likeness (QED) is 0.0372. The lowest BCUT2D eigenvalue weighted by molar-refractivity contribution is -0.142. The molecule has 20 nitrogen and oxygen atoms in total. The number of carboxylic acids is 1. The van der Waals surface area contributed by atoms with E-state index in [0.29, 0.717) is 31.6 Å². The predicted octanol–water partition coefficient (Wildman–Crippen LogP) is 12.4. The van der Waals surface area contributed by atoms with Gasteiger partial charge in [0.2, 0.25) is 17.7 Å². The Labute approximate surface area is 607 Å². The van der Waals surface area contributed by atoms with Crippen molar-refractivity contribution in [3.05, 3.63) is 177 Å². The minimum atomic E-state index is -0.765. The van der Waals surface area contributed by atoms with E-state index in [9.17, 15) is 38.4 Å². The van der Waals surface area contributed by atoms with Crippen LogP contribution in [-0.2, 0) is 64.6 Å². The topological polar surface area (TPSA) is 246 Å². The maximum absolute atomic E-state index is 12.8. The van der Waals surface area contributed by atoms with E-state index in [1.807, 2.05) is 79.1 Å². The van der Waals surface area contributed by atoms with Crippen LogP contribution in [-0.4, -0.2) is 164 Å². The van der Waals surface area contributed by atoms with Gasteiger partial charge in [0.1, 0.15) is 5.60 Å². The van der Waals surface area contributed by atoms with Crippen LogP contribution in [0.5, 0.6) is 0 Å². The molecule has 4 heterocycles. The number of aliphatic carboxylic acids is 1. The minimum absolute atomic E-state index is 0. The second kappa shape index (κ2) is 33.8. The SMILES string of the molecule is CC(=O)N[C@H]1CC2(CCN(CC(=O)O)CC2)c2ccccc21.CC(C)(C)OC(=O)N1CCC2(CC1)C[C@H](NC(=O)c1ccccc1)c1ccccc12.COC(=O)CCCCCN1CCC2(CC1)C[C@H](NC(C)=O)c1ccccc12.COC(=O)CN1CCC2(CC1)C[C@H](NC(C)=O)c1ccccc12.[HH].[HH].[HH]. The number of fused-ring (bicyclic) bond motifs is 8. The van der Waals surface area contributed by atoms with Gasteiger partial charge in [-0.2, -0.15) is 0 Å². The molecule has 5 amide bonds. The molecule has 0 unspecified atom stereocenters. The van der Waals surface area contributed by atoms with Crippen molar-refractivity contribution in [3.63, 3.8) is 0 Å². The number of hydrogen-bond acceptors (Lipinski definition) is 14. The van der Waals surface area contributed by atoms with Crippen molar-refractivity contribution in [2.75, 3.05) is 86.2 Å². The van der Waals surface area contributed by atoms with Crippen molar-refractivity contribution >= 4 is 47.6 Å². The van der Waals surface area contributed by atoms with Crippen LogP contribution in [0.4, 0.5) is 4.79 Å². The molecule has 4 fully saturated rings. The fourth-order valence-electron chi connectivity index (χ4n) is 17.8. The molecule has 0 bridgehead atoms. The van der Waals surface area contributed by atoms with Crippen LogP contribution in [0.1, 0.15) is 228 Å². The molecule has 0 saturated carbocycles. The molecule has 4 atom stereocenters. The third-order valence-electron chi connectivity index (χ3n) is 22.8. The number of carboxylic acid groups (broad SMARTS) is 1. The van der Waals surface area contributed by atoms with Crippen LogP contribution in [0.25, 0.3) is 0 Å². The van der Waals surface area contributed by atoms with Crippen LogP contribution < -0.4 is 21.3 Å². The number of methoxy groups -OCH3 is 2. The van der Waals surface area contributed by atoms with Gasteiger partial charge in [-0.15, -0.1) is 0 Å². The Balaban J connectivity index is 0.000000195. The monoisotopic (exact) mass is 1400 g/mol. The number of amides is 5. The zero-order chi connectivity index (χ0) is 72.8. The summed E-state index contributed by atoms with van der Waals surface area (Å²) in [5.41, 5.74) is 11.1. The van der Waals surface area contributed by atoms with Gasteiger partial charge in [0.15, 0.2) is 0 Å². The number of carbonyl (C=O) groups is 8. The smallest absolute Gasteiger partial charge is 0.410 e. The summed E-state index contributed by atoms with van der Waals surface area (Å²) in [4.78, 5) is 102. The molecule has 4 spiro atoms. The number of rotatable bonds is 15. The molecule has 5 aromatic rings. The first-order valence-electron chi connectivity index (χ1n) is 36.9. The average molecular weight is 1400 g/mol. The van der Waals surface area contributed by atoms with Crippen molar-refractivity contribution in [2.24, 2.45) is 0 Å². The van der Waals surface area contributed by atoms with E-state index in [0.717, 1.165) is 142 Å². The Kier molecular flexibility index (Phi) is 25.2. The highest BCUT2D eigenvalue weighted by Gasteiger charge is 2.50. The first-order chi connectivity index (χ1) is 48.8. The molecule has 8 aliphatic rings. The van der Waals surface area contributed by atoms with Gasteiger partial charge >= 0.3 is 24.0 Å². The molecular weight excluding hydrogens is 1290 g/mol. The molecule has 554 valence electrons. The summed E-state index contributed by atoms with van der Waals surface area (Å²) in [5, 5.41) is 21.5. The molecule has 4 saturated heterocycles. The number of piperidine rings is 4. The maximum atomic E-state index is 12.8. The van der Waals surface area contributed by atoms with E-state index in [1.54, 1.807) is 20.8 Å². The lowest BCUT2D eigenvalue weighted by Gasteiger charge is -2.40. The zero-order valence-corrected chi connectivity index (χ0v) is 61.3. The predicted molar refractivity (Wildman–Crippen MR) is 398 cm³/mol. The molecule has 0 aromatic heterocycles. The molecule has 20 heteroatoms. The molecule has 102 heavy (non-hydrogen) atoms. The number of esters is 2. The van der Waals surface area contributed by atoms with Crippen molar-refractivity contribution in [3.8, 4) is 0 Å². The average Bonchev–Trinajstić information content (AvgIpc) is 1.62. The van der Waals surface area contributed by atoms with E-state index in [-0.39, 0.29) is 98.3 Å². The third kappa shape index (κ3) is 18.7. The van der Waals surface area contributed by atoms with Gasteiger partial charge in [-0.05, 0) is 213 Å². The number of benzene rings is 5. The summed E-state index contributed by atoms with van der Waals surface area (Å²) in [6.07, 6.45) is 15.2. The van der Waals surface area contributed by atoms with Gasteiger partial charge in [-0.3, -0.25) is 43.4 Å². The fourth-order valence-corrected chi connectivity index (χ4v) is 17.8. The summed E-state index contributed by atoms with van der Waals surface area (Å²) in [6, 6.07) is 43.6. The van der Waals surface area contributed by atoms with Gasteiger partial charge in [0, 0.05) is 71.8 Å². The number of unbranched alkanes of at least 4 members (excludes halogenated alkanes) is 2. The highest BCUT2D eigenvalue weighted by Crippen LogP contribution is 2.55. The standard InChI is InChI=1S/C25H30N2O3.C22H32N2O3.C18H24N2O3.C17H22N2O3.3H2/c1-24(2,3)30-23(29)27-15-13-25(14-16-27)17-21(19-11-7-8-12-20(19)25)26-22(28)18-9-5-4-6-10-18;1-17(25)23-20-16-22(19-9-6-5-8-18(19)20)11-14-24(15-12-22)13-7-3-4-10-21(26)27-2;1-13(21)19-16-11-18(15-6-4-3-5-14(15)16)7-9-20(10-8-18)12-17(22)23-2;1-12(20)18-15-10-17(14-5-3-2-4-13(14)15)6-8-19(9-7-17)11-16(21)22;;;/h4-12,21H,13-17H2,1-3H3,(H,26,28);5-6,8-9,20H,3-4,7,10-16H2,1-2H3,(H,23,25);3-6,16H,7-12H2,1-2H3,(H,19,21);2-5,15H,6-11H2,1H3,(H,18,20)(H,21,22);3*1H/t21-;20-;16-;15-;;;/m0000.../s1. The van der Waals surface area contributed by atoms with Crippen molar-refractivity contribution in [2.45, 2.75) is 196 Å². The van der Waals surface area contributed by atoms with Gasteiger partial charge in [-0.25, -0.2) is 4.79 Å². The second-order valence-corrected chi connectivity index (χ2v) is 30.7.